The Kier molecular flexibility index (Phi) is 7.61. The molecule has 5 nitrogen and oxygen atoms in total. The first-order valence-electron chi connectivity index (χ1n) is 10.1. The van der Waals surface area contributed by atoms with Gasteiger partial charge in [0.05, 0.1) is 6.61 Å². The molecule has 0 heterocycles. The molecule has 0 bridgehead atoms. The van der Waals surface area contributed by atoms with Gasteiger partial charge in [0.15, 0.2) is 0 Å². The highest BCUT2D eigenvalue weighted by Gasteiger charge is 2.09. The minimum absolute atomic E-state index is 0.159. The molecule has 0 fully saturated rings. The third-order valence-corrected chi connectivity index (χ3v) is 4.56. The normalized spacial score (nSPS) is 10.3. The smallest absolute Gasteiger partial charge is 0.255 e. The maximum atomic E-state index is 12.5. The van der Waals surface area contributed by atoms with E-state index in [-0.39, 0.29) is 11.8 Å². The molecule has 0 unspecified atom stereocenters. The molecule has 2 amide bonds. The Labute approximate surface area is 177 Å². The third-order valence-electron chi connectivity index (χ3n) is 4.56. The van der Waals surface area contributed by atoms with Gasteiger partial charge in [-0.3, -0.25) is 9.59 Å². The number of rotatable bonds is 9. The van der Waals surface area contributed by atoms with Crippen molar-refractivity contribution in [2.75, 3.05) is 11.9 Å². The number of ether oxygens (including phenoxy) is 1. The van der Waals surface area contributed by atoms with E-state index < -0.39 is 0 Å². The quantitative estimate of drug-likeness (QED) is 0.492. The fourth-order valence-corrected chi connectivity index (χ4v) is 2.85. The van der Waals surface area contributed by atoms with Gasteiger partial charge in [0.1, 0.15) is 5.75 Å². The van der Waals surface area contributed by atoms with Crippen LogP contribution in [0.15, 0.2) is 78.9 Å². The highest BCUT2D eigenvalue weighted by molar-refractivity contribution is 6.04. The van der Waals surface area contributed by atoms with Gasteiger partial charge in [0.25, 0.3) is 11.8 Å². The summed E-state index contributed by atoms with van der Waals surface area (Å²) in [6, 6.07) is 23.7. The lowest BCUT2D eigenvalue weighted by Gasteiger charge is -2.09. The van der Waals surface area contributed by atoms with Crippen molar-refractivity contribution in [1.82, 2.24) is 5.32 Å². The van der Waals surface area contributed by atoms with Gasteiger partial charge in [-0.25, -0.2) is 0 Å². The van der Waals surface area contributed by atoms with E-state index >= 15 is 0 Å². The van der Waals surface area contributed by atoms with E-state index in [2.05, 4.69) is 17.6 Å². The maximum absolute atomic E-state index is 12.5. The standard InChI is InChI=1S/C25H26N2O3/c1-2-3-16-30-23-11-7-10-21(17-23)25(29)27-22-14-12-20(13-15-22)24(28)26-18-19-8-5-4-6-9-19/h4-15,17H,2-3,16,18H2,1H3,(H,26,28)(H,27,29). The van der Waals surface area contributed by atoms with Crippen molar-refractivity contribution in [2.45, 2.75) is 26.3 Å². The zero-order valence-corrected chi connectivity index (χ0v) is 17.1. The van der Waals surface area contributed by atoms with Crippen molar-refractivity contribution in [3.05, 3.63) is 95.6 Å². The fourth-order valence-electron chi connectivity index (χ4n) is 2.85. The second-order valence-corrected chi connectivity index (χ2v) is 6.93. The molecule has 0 saturated heterocycles. The minimum atomic E-state index is -0.225. The molecule has 5 heteroatoms. The van der Waals surface area contributed by atoms with Gasteiger partial charge in [-0.15, -0.1) is 0 Å². The lowest BCUT2D eigenvalue weighted by atomic mass is 10.1. The van der Waals surface area contributed by atoms with Crippen molar-refractivity contribution in [3.63, 3.8) is 0 Å². The Balaban J connectivity index is 1.55. The van der Waals surface area contributed by atoms with Crippen LogP contribution in [-0.2, 0) is 6.54 Å². The first-order chi connectivity index (χ1) is 14.7. The SMILES string of the molecule is CCCCOc1cccc(C(=O)Nc2ccc(C(=O)NCc3ccccc3)cc2)c1. The first-order valence-corrected chi connectivity index (χ1v) is 10.1. The topological polar surface area (TPSA) is 67.4 Å². The van der Waals surface area contributed by atoms with Crippen molar-refractivity contribution in [3.8, 4) is 5.75 Å². The molecular formula is C25H26N2O3. The van der Waals surface area contributed by atoms with Crippen LogP contribution in [0.3, 0.4) is 0 Å². The van der Waals surface area contributed by atoms with Gasteiger partial charge in [-0.1, -0.05) is 49.7 Å². The molecule has 0 aromatic heterocycles. The van der Waals surface area contributed by atoms with Crippen LogP contribution in [-0.4, -0.2) is 18.4 Å². The van der Waals surface area contributed by atoms with Crippen molar-refractivity contribution < 1.29 is 14.3 Å². The van der Waals surface area contributed by atoms with E-state index in [1.807, 2.05) is 36.4 Å². The zero-order valence-electron chi connectivity index (χ0n) is 17.1. The van der Waals surface area contributed by atoms with E-state index in [9.17, 15) is 9.59 Å². The van der Waals surface area contributed by atoms with Crippen LogP contribution in [0.2, 0.25) is 0 Å². The molecule has 3 aromatic carbocycles. The summed E-state index contributed by atoms with van der Waals surface area (Å²) >= 11 is 0. The molecule has 0 aliphatic carbocycles. The second kappa shape index (κ2) is 10.8. The number of carbonyl (C=O) groups is 2. The molecule has 154 valence electrons. The van der Waals surface area contributed by atoms with Crippen LogP contribution in [0.25, 0.3) is 0 Å². The predicted octanol–water partition coefficient (Wildman–Crippen LogP) is 5.05. The summed E-state index contributed by atoms with van der Waals surface area (Å²) in [5, 5.41) is 5.74. The summed E-state index contributed by atoms with van der Waals surface area (Å²) in [6.45, 7) is 3.20. The minimum Gasteiger partial charge on any atom is -0.494 e. The van der Waals surface area contributed by atoms with Gasteiger partial charge in [-0.05, 0) is 54.4 Å². The third kappa shape index (κ3) is 6.21. The van der Waals surface area contributed by atoms with Gasteiger partial charge < -0.3 is 15.4 Å². The molecule has 3 aromatic rings. The Morgan fingerprint density at radius 2 is 1.60 bits per heavy atom. The van der Waals surface area contributed by atoms with Crippen LogP contribution in [0.1, 0.15) is 46.0 Å². The van der Waals surface area contributed by atoms with Crippen molar-refractivity contribution in [2.24, 2.45) is 0 Å². The monoisotopic (exact) mass is 402 g/mol. The van der Waals surface area contributed by atoms with Crippen LogP contribution < -0.4 is 15.4 Å². The van der Waals surface area contributed by atoms with E-state index in [1.165, 1.54) is 0 Å². The number of benzene rings is 3. The summed E-state index contributed by atoms with van der Waals surface area (Å²) in [5.74, 6) is 0.299. The number of unbranched alkanes of at least 4 members (excludes halogenated alkanes) is 1. The molecule has 30 heavy (non-hydrogen) atoms. The lowest BCUT2D eigenvalue weighted by molar-refractivity contribution is 0.0950. The Hall–Kier alpha value is -3.60. The van der Waals surface area contributed by atoms with Crippen molar-refractivity contribution >= 4 is 17.5 Å². The van der Waals surface area contributed by atoms with Crippen LogP contribution >= 0.6 is 0 Å². The summed E-state index contributed by atoms with van der Waals surface area (Å²) in [4.78, 5) is 24.8. The molecule has 0 aliphatic rings. The number of carbonyl (C=O) groups excluding carboxylic acids is 2. The fraction of sp³-hybridized carbons (Fsp3) is 0.200. The number of nitrogens with one attached hydrogen (secondary N) is 2. The molecule has 3 rings (SSSR count). The average molecular weight is 402 g/mol. The summed E-state index contributed by atoms with van der Waals surface area (Å²) in [7, 11) is 0. The van der Waals surface area contributed by atoms with Crippen LogP contribution in [0, 0.1) is 0 Å². The molecular weight excluding hydrogens is 376 g/mol. The number of hydrogen-bond acceptors (Lipinski definition) is 3. The molecule has 0 atom stereocenters. The highest BCUT2D eigenvalue weighted by Crippen LogP contribution is 2.16. The molecule has 0 radical (unpaired) electrons. The van der Waals surface area contributed by atoms with Gasteiger partial charge in [-0.2, -0.15) is 0 Å². The average Bonchev–Trinajstić information content (AvgIpc) is 2.79. The van der Waals surface area contributed by atoms with Gasteiger partial charge in [0.2, 0.25) is 0 Å². The molecule has 2 N–H and O–H groups in total. The second-order valence-electron chi connectivity index (χ2n) is 6.93. The van der Waals surface area contributed by atoms with Crippen LogP contribution in [0.5, 0.6) is 5.75 Å². The maximum Gasteiger partial charge on any atom is 0.255 e. The summed E-state index contributed by atoms with van der Waals surface area (Å²) in [6.07, 6.45) is 2.03. The zero-order chi connectivity index (χ0) is 21.2. The number of amides is 2. The van der Waals surface area contributed by atoms with E-state index in [0.717, 1.165) is 18.4 Å². The molecule has 0 saturated carbocycles. The largest absolute Gasteiger partial charge is 0.494 e. The van der Waals surface area contributed by atoms with E-state index in [4.69, 9.17) is 4.74 Å². The van der Waals surface area contributed by atoms with E-state index in [1.54, 1.807) is 42.5 Å². The van der Waals surface area contributed by atoms with Crippen molar-refractivity contribution in [1.29, 1.82) is 0 Å². The molecule has 0 aliphatic heterocycles. The highest BCUT2D eigenvalue weighted by atomic mass is 16.5. The Morgan fingerprint density at radius 3 is 2.33 bits per heavy atom. The van der Waals surface area contributed by atoms with E-state index in [0.29, 0.717) is 35.7 Å². The number of hydrogen-bond donors (Lipinski definition) is 2. The first kappa shape index (κ1) is 21.1. The number of anilines is 1. The molecule has 0 spiro atoms. The Morgan fingerprint density at radius 1 is 0.833 bits per heavy atom. The Bertz CT molecular complexity index is 969. The van der Waals surface area contributed by atoms with Gasteiger partial charge >= 0.3 is 0 Å². The lowest BCUT2D eigenvalue weighted by Crippen LogP contribution is -2.22. The predicted molar refractivity (Wildman–Crippen MR) is 119 cm³/mol. The van der Waals surface area contributed by atoms with Crippen LogP contribution in [0.4, 0.5) is 5.69 Å². The summed E-state index contributed by atoms with van der Waals surface area (Å²) < 4.78 is 5.66. The van der Waals surface area contributed by atoms with Gasteiger partial charge in [0, 0.05) is 23.4 Å². The summed E-state index contributed by atoms with van der Waals surface area (Å²) in [5.41, 5.74) is 2.72.